The zero-order valence-corrected chi connectivity index (χ0v) is 19.0. The Morgan fingerprint density at radius 3 is 2.63 bits per heavy atom. The van der Waals surface area contributed by atoms with Crippen molar-refractivity contribution < 1.29 is 28.7 Å². The van der Waals surface area contributed by atoms with Crippen molar-refractivity contribution in [2.45, 2.75) is 57.0 Å². The van der Waals surface area contributed by atoms with Gasteiger partial charge in [0.2, 0.25) is 11.8 Å². The summed E-state index contributed by atoms with van der Waals surface area (Å²) in [5.74, 6) is -0.845. The van der Waals surface area contributed by atoms with Crippen molar-refractivity contribution in [2.75, 3.05) is 5.32 Å². The molecule has 0 radical (unpaired) electrons. The first-order chi connectivity index (χ1) is 17.0. The number of benzene rings is 2. The van der Waals surface area contributed by atoms with Crippen LogP contribution < -0.4 is 15.4 Å². The zero-order chi connectivity index (χ0) is 24.5. The minimum absolute atomic E-state index is 0.145. The van der Waals surface area contributed by atoms with Crippen molar-refractivity contribution in [1.82, 2.24) is 10.2 Å². The average Bonchev–Trinajstić information content (AvgIpc) is 3.47. The number of imide groups is 1. The highest BCUT2D eigenvalue weighted by Gasteiger charge is 2.39. The number of carbonyl (C=O) groups excluding carboxylic acids is 5. The fourth-order valence-electron chi connectivity index (χ4n) is 5.38. The van der Waals surface area contributed by atoms with Crippen molar-refractivity contribution in [3.05, 3.63) is 58.7 Å². The van der Waals surface area contributed by atoms with Gasteiger partial charge in [0, 0.05) is 35.3 Å². The third kappa shape index (κ3) is 4.29. The minimum atomic E-state index is -0.694. The average molecular weight is 476 g/mol. The van der Waals surface area contributed by atoms with Crippen LogP contribution >= 0.6 is 0 Å². The molecule has 0 bridgehead atoms. The Kier molecular flexibility index (Phi) is 6.07. The lowest BCUT2D eigenvalue weighted by atomic mass is 9.91. The van der Waals surface area contributed by atoms with Crippen LogP contribution in [0, 0.1) is 0 Å². The van der Waals surface area contributed by atoms with Gasteiger partial charge in [-0.25, -0.2) is 0 Å². The normalized spacial score (nSPS) is 19.9. The molecule has 9 heteroatoms. The van der Waals surface area contributed by atoms with E-state index in [-0.39, 0.29) is 43.0 Å². The molecule has 2 aliphatic heterocycles. The third-order valence-electron chi connectivity index (χ3n) is 7.03. The fourth-order valence-corrected chi connectivity index (χ4v) is 5.38. The predicted octanol–water partition coefficient (Wildman–Crippen LogP) is 2.89. The first-order valence-corrected chi connectivity index (χ1v) is 11.8. The summed E-state index contributed by atoms with van der Waals surface area (Å²) in [6, 6.07) is 9.45. The van der Waals surface area contributed by atoms with E-state index in [1.54, 1.807) is 36.4 Å². The molecule has 2 aromatic rings. The molecular weight excluding hydrogens is 450 g/mol. The molecule has 2 heterocycles. The van der Waals surface area contributed by atoms with Gasteiger partial charge in [-0.1, -0.05) is 18.9 Å². The second-order valence-electron chi connectivity index (χ2n) is 9.14. The fraction of sp³-hybridized carbons (Fsp3) is 0.346. The van der Waals surface area contributed by atoms with Crippen molar-refractivity contribution in [1.29, 1.82) is 0 Å². The standard InChI is InChI=1S/C26H25N3O6/c30-14-35-21-7-3-6-19(23(21)15-4-1-2-5-15)24(32)27-17-8-9-18-16(12-17)13-29(26(18)34)20-10-11-22(31)28-25(20)33/h3,6-9,12,14-15,20H,1-2,4-5,10-11,13H2,(H,27,32)(H,28,31,33). The summed E-state index contributed by atoms with van der Waals surface area (Å²) in [5.41, 5.74) is 2.89. The summed E-state index contributed by atoms with van der Waals surface area (Å²) in [5, 5.41) is 5.20. The van der Waals surface area contributed by atoms with Crippen LogP contribution in [0.4, 0.5) is 5.69 Å². The number of amides is 4. The van der Waals surface area contributed by atoms with E-state index in [1.165, 1.54) is 4.90 Å². The molecule has 1 saturated heterocycles. The Bertz CT molecular complexity index is 1230. The van der Waals surface area contributed by atoms with E-state index in [1.807, 2.05) is 0 Å². The molecule has 0 aromatic heterocycles. The van der Waals surface area contributed by atoms with E-state index in [9.17, 15) is 24.0 Å². The van der Waals surface area contributed by atoms with Gasteiger partial charge in [-0.05, 0) is 61.1 Å². The molecule has 1 aliphatic carbocycles. The first kappa shape index (κ1) is 22.8. The molecule has 1 atom stereocenters. The molecule has 35 heavy (non-hydrogen) atoms. The molecular formula is C26H25N3O6. The van der Waals surface area contributed by atoms with E-state index < -0.39 is 11.9 Å². The number of anilines is 1. The van der Waals surface area contributed by atoms with Crippen LogP contribution in [0.1, 0.15) is 76.3 Å². The number of hydrogen-bond acceptors (Lipinski definition) is 6. The monoisotopic (exact) mass is 475 g/mol. The van der Waals surface area contributed by atoms with Gasteiger partial charge in [-0.3, -0.25) is 29.3 Å². The number of nitrogens with one attached hydrogen (secondary N) is 2. The summed E-state index contributed by atoms with van der Waals surface area (Å²) >= 11 is 0. The highest BCUT2D eigenvalue weighted by atomic mass is 16.5. The second kappa shape index (κ2) is 9.32. The molecule has 2 N–H and O–H groups in total. The number of piperidine rings is 1. The SMILES string of the molecule is O=COc1cccc(C(=O)Nc2ccc3c(c2)CN(C2CCC(=O)NC2=O)C3=O)c1C1CCCC1. The maximum Gasteiger partial charge on any atom is 0.298 e. The molecule has 3 aliphatic rings. The molecule has 9 nitrogen and oxygen atoms in total. The van der Waals surface area contributed by atoms with E-state index >= 15 is 0 Å². The van der Waals surface area contributed by atoms with Crippen LogP contribution in [0.15, 0.2) is 36.4 Å². The number of rotatable bonds is 6. The Hall–Kier alpha value is -4.01. The van der Waals surface area contributed by atoms with Crippen LogP contribution in [-0.4, -0.2) is 41.0 Å². The van der Waals surface area contributed by atoms with E-state index in [2.05, 4.69) is 10.6 Å². The van der Waals surface area contributed by atoms with Gasteiger partial charge in [0.05, 0.1) is 0 Å². The maximum absolute atomic E-state index is 13.3. The Morgan fingerprint density at radius 2 is 1.89 bits per heavy atom. The molecule has 2 fully saturated rings. The van der Waals surface area contributed by atoms with Crippen molar-refractivity contribution >= 4 is 35.8 Å². The lowest BCUT2D eigenvalue weighted by Gasteiger charge is -2.29. The lowest BCUT2D eigenvalue weighted by Crippen LogP contribution is -2.52. The number of ether oxygens (including phenoxy) is 1. The van der Waals surface area contributed by atoms with Crippen LogP contribution in [0.2, 0.25) is 0 Å². The highest BCUT2D eigenvalue weighted by Crippen LogP contribution is 2.41. The molecule has 0 spiro atoms. The van der Waals surface area contributed by atoms with E-state index in [0.717, 1.165) is 31.2 Å². The topological polar surface area (TPSA) is 122 Å². The Balaban J connectivity index is 1.37. The van der Waals surface area contributed by atoms with Crippen LogP contribution in [-0.2, 0) is 20.9 Å². The number of fused-ring (bicyclic) bond motifs is 1. The van der Waals surface area contributed by atoms with Crippen LogP contribution in [0.3, 0.4) is 0 Å². The quantitative estimate of drug-likeness (QED) is 0.489. The van der Waals surface area contributed by atoms with Crippen LogP contribution in [0.25, 0.3) is 0 Å². The molecule has 4 amide bonds. The van der Waals surface area contributed by atoms with Gasteiger partial charge in [-0.2, -0.15) is 0 Å². The molecule has 2 aromatic carbocycles. The molecule has 180 valence electrons. The molecule has 5 rings (SSSR count). The number of carbonyl (C=O) groups is 5. The van der Waals surface area contributed by atoms with Gasteiger partial charge >= 0.3 is 0 Å². The largest absolute Gasteiger partial charge is 0.428 e. The summed E-state index contributed by atoms with van der Waals surface area (Å²) in [7, 11) is 0. The van der Waals surface area contributed by atoms with Crippen molar-refractivity contribution in [3.63, 3.8) is 0 Å². The number of nitrogens with zero attached hydrogens (tertiary/aromatic N) is 1. The Morgan fingerprint density at radius 1 is 1.09 bits per heavy atom. The highest BCUT2D eigenvalue weighted by molar-refractivity contribution is 6.08. The van der Waals surface area contributed by atoms with Gasteiger partial charge in [-0.15, -0.1) is 0 Å². The summed E-state index contributed by atoms with van der Waals surface area (Å²) in [4.78, 5) is 62.4. The minimum Gasteiger partial charge on any atom is -0.428 e. The second-order valence-corrected chi connectivity index (χ2v) is 9.14. The van der Waals surface area contributed by atoms with Gasteiger partial charge in [0.25, 0.3) is 18.3 Å². The van der Waals surface area contributed by atoms with Crippen molar-refractivity contribution in [3.8, 4) is 5.75 Å². The first-order valence-electron chi connectivity index (χ1n) is 11.8. The summed E-state index contributed by atoms with van der Waals surface area (Å²) < 4.78 is 5.19. The van der Waals surface area contributed by atoms with Crippen molar-refractivity contribution in [2.24, 2.45) is 0 Å². The zero-order valence-electron chi connectivity index (χ0n) is 19.0. The summed E-state index contributed by atoms with van der Waals surface area (Å²) in [6.45, 7) is 0.599. The third-order valence-corrected chi connectivity index (χ3v) is 7.03. The van der Waals surface area contributed by atoms with E-state index in [0.29, 0.717) is 34.6 Å². The summed E-state index contributed by atoms with van der Waals surface area (Å²) in [6.07, 6.45) is 4.45. The van der Waals surface area contributed by atoms with Gasteiger partial charge in [0.15, 0.2) is 0 Å². The number of hydrogen-bond donors (Lipinski definition) is 2. The Labute approximate surface area is 201 Å². The molecule has 1 unspecified atom stereocenters. The van der Waals surface area contributed by atoms with E-state index in [4.69, 9.17) is 4.74 Å². The smallest absolute Gasteiger partial charge is 0.298 e. The van der Waals surface area contributed by atoms with Gasteiger partial charge in [0.1, 0.15) is 11.8 Å². The maximum atomic E-state index is 13.3. The van der Waals surface area contributed by atoms with Gasteiger partial charge < -0.3 is 15.0 Å². The lowest BCUT2D eigenvalue weighted by molar-refractivity contribution is -0.137. The molecule has 1 saturated carbocycles. The predicted molar refractivity (Wildman–Crippen MR) is 125 cm³/mol. The van der Waals surface area contributed by atoms with Crippen LogP contribution in [0.5, 0.6) is 5.75 Å².